The van der Waals surface area contributed by atoms with Crippen LogP contribution in [0.2, 0.25) is 0 Å². The molecule has 0 aliphatic carbocycles. The Morgan fingerprint density at radius 3 is 2.19 bits per heavy atom. The predicted octanol–water partition coefficient (Wildman–Crippen LogP) is 7.86. The molecule has 1 nitrogen and oxygen atoms in total. The first-order valence-corrected chi connectivity index (χ1v) is 10.1. The number of allylic oxidation sites excluding steroid dienone is 1. The number of fused-ring (bicyclic) bond motifs is 1. The van der Waals surface area contributed by atoms with Gasteiger partial charge in [0.25, 0.3) is 0 Å². The van der Waals surface area contributed by atoms with E-state index in [-0.39, 0.29) is 28.0 Å². The second kappa shape index (κ2) is 8.87. The molecule has 0 aromatic heterocycles. The second-order valence-corrected chi connectivity index (χ2v) is 7.47. The molecule has 0 N–H and O–H groups in total. The lowest BCUT2D eigenvalue weighted by Gasteiger charge is -2.12. The summed E-state index contributed by atoms with van der Waals surface area (Å²) < 4.78 is 63.9. The van der Waals surface area contributed by atoms with Gasteiger partial charge in [-0.05, 0) is 59.2 Å². The topological polar surface area (TPSA) is 9.23 Å². The van der Waals surface area contributed by atoms with Crippen LogP contribution in [0.5, 0.6) is 5.75 Å². The number of hydrogen-bond donors (Lipinski definition) is 0. The van der Waals surface area contributed by atoms with Gasteiger partial charge < -0.3 is 4.74 Å². The van der Waals surface area contributed by atoms with E-state index in [9.17, 15) is 13.2 Å². The van der Waals surface area contributed by atoms with Crippen molar-refractivity contribution in [2.45, 2.75) is 12.8 Å². The first kappa shape index (κ1) is 21.6. The molecule has 4 rings (SSSR count). The fraction of sp³-hybridized carbons (Fsp3) is 0.111. The van der Waals surface area contributed by atoms with Crippen molar-refractivity contribution in [3.8, 4) is 28.0 Å². The van der Waals surface area contributed by atoms with Crippen LogP contribution >= 0.6 is 0 Å². The van der Waals surface area contributed by atoms with Crippen LogP contribution in [0.25, 0.3) is 33.0 Å². The predicted molar refractivity (Wildman–Crippen MR) is 120 cm³/mol. The Kier molecular flexibility index (Phi) is 5.99. The molecule has 0 radical (unpaired) electrons. The lowest BCUT2D eigenvalue weighted by Crippen LogP contribution is -1.96. The number of hydrogen-bond acceptors (Lipinski definition) is 1. The summed E-state index contributed by atoms with van der Waals surface area (Å²) in [6, 6.07) is 14.4. The van der Waals surface area contributed by atoms with Crippen molar-refractivity contribution in [1.29, 1.82) is 0 Å². The zero-order valence-electron chi connectivity index (χ0n) is 17.4. The molecule has 0 atom stereocenters. The minimum absolute atomic E-state index is 0.0240. The highest BCUT2D eigenvalue weighted by atomic mass is 19.1. The Morgan fingerprint density at radius 2 is 1.53 bits per heavy atom. The zero-order chi connectivity index (χ0) is 22.8. The molecular weight excluding hydrogens is 416 g/mol. The van der Waals surface area contributed by atoms with E-state index in [1.165, 1.54) is 25.3 Å². The highest BCUT2D eigenvalue weighted by molar-refractivity contribution is 5.89. The molecule has 0 fully saturated rings. The Balaban J connectivity index is 1.76. The summed E-state index contributed by atoms with van der Waals surface area (Å²) in [6.07, 6.45) is 3.43. The van der Waals surface area contributed by atoms with Crippen molar-refractivity contribution in [3.05, 3.63) is 102 Å². The van der Waals surface area contributed by atoms with E-state index in [0.717, 1.165) is 36.6 Å². The smallest absolute Gasteiger partial charge is 0.165 e. The van der Waals surface area contributed by atoms with Crippen LogP contribution in [0.15, 0.2) is 73.3 Å². The molecule has 0 saturated carbocycles. The third-order valence-electron chi connectivity index (χ3n) is 5.45. The van der Waals surface area contributed by atoms with Gasteiger partial charge in [-0.25, -0.2) is 17.6 Å². The van der Waals surface area contributed by atoms with Gasteiger partial charge in [-0.3, -0.25) is 0 Å². The van der Waals surface area contributed by atoms with E-state index in [1.54, 1.807) is 12.1 Å². The van der Waals surface area contributed by atoms with Gasteiger partial charge in [0.2, 0.25) is 0 Å². The third kappa shape index (κ3) is 3.98. The van der Waals surface area contributed by atoms with Gasteiger partial charge in [0.05, 0.1) is 12.7 Å². The fourth-order valence-electron chi connectivity index (χ4n) is 3.81. The summed E-state index contributed by atoms with van der Waals surface area (Å²) >= 11 is 0. The summed E-state index contributed by atoms with van der Waals surface area (Å²) in [4.78, 5) is 0. The third-order valence-corrected chi connectivity index (χ3v) is 5.45. The van der Waals surface area contributed by atoms with Gasteiger partial charge in [-0.1, -0.05) is 42.5 Å². The second-order valence-electron chi connectivity index (χ2n) is 7.47. The minimum Gasteiger partial charge on any atom is -0.494 e. The van der Waals surface area contributed by atoms with Gasteiger partial charge >= 0.3 is 0 Å². The van der Waals surface area contributed by atoms with Crippen LogP contribution in [-0.4, -0.2) is 7.11 Å². The minimum atomic E-state index is -0.913. The lowest BCUT2D eigenvalue weighted by atomic mass is 9.95. The maximum absolute atomic E-state index is 15.2. The standard InChI is InChI=1S/C27H20F4O/c1-3-4-5-16-6-9-20-17(12-16)7-10-21(27(20)31)19-14-23(29)26(24(30)15-19)18-8-11-25(32-2)22(28)13-18/h3,6-15H,1,4-5H2,2H3. The van der Waals surface area contributed by atoms with Crippen LogP contribution in [0.1, 0.15) is 12.0 Å². The van der Waals surface area contributed by atoms with Gasteiger partial charge in [-0.2, -0.15) is 0 Å². The van der Waals surface area contributed by atoms with Gasteiger partial charge in [-0.15, -0.1) is 6.58 Å². The molecule has 0 aliphatic rings. The highest BCUT2D eigenvalue weighted by Gasteiger charge is 2.18. The first-order valence-electron chi connectivity index (χ1n) is 10.1. The molecule has 0 bridgehead atoms. The number of rotatable bonds is 6. The zero-order valence-corrected chi connectivity index (χ0v) is 17.4. The molecule has 0 saturated heterocycles. The average molecular weight is 436 g/mol. The van der Waals surface area contributed by atoms with Crippen molar-refractivity contribution in [2.24, 2.45) is 0 Å². The molecule has 5 heteroatoms. The SMILES string of the molecule is C=CCCc1ccc2c(F)c(-c3cc(F)c(-c4ccc(OC)c(F)c4)c(F)c3)ccc2c1. The van der Waals surface area contributed by atoms with Crippen LogP contribution in [0, 0.1) is 23.3 Å². The number of benzene rings is 4. The summed E-state index contributed by atoms with van der Waals surface area (Å²) in [5.74, 6) is -3.15. The molecule has 0 amide bonds. The van der Waals surface area contributed by atoms with Gasteiger partial charge in [0.1, 0.15) is 17.5 Å². The molecular formula is C27H20F4O. The molecule has 0 heterocycles. The molecule has 162 valence electrons. The van der Waals surface area contributed by atoms with Crippen LogP contribution in [0.3, 0.4) is 0 Å². The van der Waals surface area contributed by atoms with Crippen molar-refractivity contribution in [2.75, 3.05) is 7.11 Å². The molecule has 0 unspecified atom stereocenters. The number of ether oxygens (including phenoxy) is 1. The maximum atomic E-state index is 15.2. The molecule has 0 aliphatic heterocycles. The number of aryl methyl sites for hydroxylation is 1. The van der Waals surface area contributed by atoms with E-state index in [2.05, 4.69) is 6.58 Å². The fourth-order valence-corrected chi connectivity index (χ4v) is 3.81. The van der Waals surface area contributed by atoms with Crippen molar-refractivity contribution < 1.29 is 22.3 Å². The molecule has 0 spiro atoms. The summed E-state index contributed by atoms with van der Waals surface area (Å²) in [5.41, 5.74) is 0.839. The van der Waals surface area contributed by atoms with E-state index in [4.69, 9.17) is 4.74 Å². The van der Waals surface area contributed by atoms with E-state index in [0.29, 0.717) is 10.8 Å². The number of methoxy groups -OCH3 is 1. The van der Waals surface area contributed by atoms with E-state index >= 15 is 4.39 Å². The lowest BCUT2D eigenvalue weighted by molar-refractivity contribution is 0.386. The molecule has 32 heavy (non-hydrogen) atoms. The Hall–Kier alpha value is -3.60. The Labute approximate surface area is 183 Å². The molecule has 4 aromatic carbocycles. The Bertz CT molecular complexity index is 1300. The van der Waals surface area contributed by atoms with Gasteiger partial charge in [0.15, 0.2) is 11.6 Å². The van der Waals surface area contributed by atoms with Crippen molar-refractivity contribution >= 4 is 10.8 Å². The summed E-state index contributed by atoms with van der Waals surface area (Å²) in [6.45, 7) is 3.70. The Morgan fingerprint density at radius 1 is 0.812 bits per heavy atom. The van der Waals surface area contributed by atoms with E-state index < -0.39 is 23.3 Å². The van der Waals surface area contributed by atoms with Crippen LogP contribution in [-0.2, 0) is 6.42 Å². The first-order chi connectivity index (χ1) is 15.4. The van der Waals surface area contributed by atoms with Crippen LogP contribution < -0.4 is 4.74 Å². The van der Waals surface area contributed by atoms with Crippen molar-refractivity contribution in [3.63, 3.8) is 0 Å². The molecule has 4 aromatic rings. The maximum Gasteiger partial charge on any atom is 0.165 e. The van der Waals surface area contributed by atoms with Gasteiger partial charge in [0, 0.05) is 10.9 Å². The highest BCUT2D eigenvalue weighted by Crippen LogP contribution is 2.35. The average Bonchev–Trinajstić information content (AvgIpc) is 2.77. The number of halogens is 4. The normalized spacial score (nSPS) is 11.0. The van der Waals surface area contributed by atoms with Crippen molar-refractivity contribution in [1.82, 2.24) is 0 Å². The monoisotopic (exact) mass is 436 g/mol. The quantitative estimate of drug-likeness (QED) is 0.221. The van der Waals surface area contributed by atoms with Crippen LogP contribution in [0.4, 0.5) is 17.6 Å². The summed E-state index contributed by atoms with van der Waals surface area (Å²) in [7, 11) is 1.30. The largest absolute Gasteiger partial charge is 0.494 e. The summed E-state index contributed by atoms with van der Waals surface area (Å²) in [5, 5.41) is 1.08. The van der Waals surface area contributed by atoms with E-state index in [1.807, 2.05) is 18.2 Å².